The lowest BCUT2D eigenvalue weighted by atomic mass is 10.1. The van der Waals surface area contributed by atoms with E-state index < -0.39 is 0 Å². The van der Waals surface area contributed by atoms with Crippen molar-refractivity contribution in [2.75, 3.05) is 20.1 Å². The molecule has 2 nitrogen and oxygen atoms in total. The topological polar surface area (TPSA) is 29.3 Å². The zero-order valence-corrected chi connectivity index (χ0v) is 9.61. The maximum Gasteiger partial charge on any atom is 0.0424 e. The molecule has 0 radical (unpaired) electrons. The molecule has 1 aromatic rings. The van der Waals surface area contributed by atoms with Crippen LogP contribution in [0.1, 0.15) is 17.2 Å². The fourth-order valence-corrected chi connectivity index (χ4v) is 1.55. The van der Waals surface area contributed by atoms with Crippen molar-refractivity contribution >= 4 is 0 Å². The molecule has 1 unspecified atom stereocenters. The Kier molecular flexibility index (Phi) is 4.53. The number of rotatable bonds is 5. The van der Waals surface area contributed by atoms with Crippen molar-refractivity contribution in [1.82, 2.24) is 4.90 Å². The zero-order valence-electron chi connectivity index (χ0n) is 9.61. The first-order valence-corrected chi connectivity index (χ1v) is 5.25. The van der Waals surface area contributed by atoms with Crippen LogP contribution in [0.2, 0.25) is 0 Å². The van der Waals surface area contributed by atoms with Crippen LogP contribution in [0.3, 0.4) is 0 Å². The van der Waals surface area contributed by atoms with Gasteiger partial charge in [0, 0.05) is 19.1 Å². The van der Waals surface area contributed by atoms with Crippen molar-refractivity contribution in [2.45, 2.75) is 13.0 Å². The molecule has 2 N–H and O–H groups in total. The molecule has 0 fully saturated rings. The normalized spacial score (nSPS) is 12.8. The Morgan fingerprint density at radius 1 is 1.40 bits per heavy atom. The summed E-state index contributed by atoms with van der Waals surface area (Å²) in [6.07, 6.45) is 1.89. The molecule has 0 aliphatic heterocycles. The lowest BCUT2D eigenvalue weighted by Gasteiger charge is -2.20. The van der Waals surface area contributed by atoms with E-state index in [-0.39, 0.29) is 6.04 Å². The Labute approximate surface area is 92.4 Å². The van der Waals surface area contributed by atoms with Crippen LogP contribution in [0, 0.1) is 6.92 Å². The van der Waals surface area contributed by atoms with E-state index in [0.29, 0.717) is 0 Å². The summed E-state index contributed by atoms with van der Waals surface area (Å²) in [6.45, 7) is 7.52. The third kappa shape index (κ3) is 3.86. The standard InChI is InChI=1S/C13H20N2/c1-4-9-15(3)10-13(14)12-7-5-11(2)6-8-12/h4-8,13H,1,9-10,14H2,2-3H3. The van der Waals surface area contributed by atoms with Crippen molar-refractivity contribution in [1.29, 1.82) is 0 Å². The van der Waals surface area contributed by atoms with Crippen LogP contribution in [0.5, 0.6) is 0 Å². The summed E-state index contributed by atoms with van der Waals surface area (Å²) in [5, 5.41) is 0. The van der Waals surface area contributed by atoms with Crippen LogP contribution < -0.4 is 5.73 Å². The highest BCUT2D eigenvalue weighted by Gasteiger charge is 2.07. The summed E-state index contributed by atoms with van der Waals surface area (Å²) >= 11 is 0. The first kappa shape index (κ1) is 12.0. The van der Waals surface area contributed by atoms with E-state index in [9.17, 15) is 0 Å². The van der Waals surface area contributed by atoms with E-state index in [1.807, 2.05) is 6.08 Å². The fraction of sp³-hybridized carbons (Fsp3) is 0.385. The molecular formula is C13H20N2. The SMILES string of the molecule is C=CCN(C)CC(N)c1ccc(C)cc1. The van der Waals surface area contributed by atoms with E-state index in [1.54, 1.807) is 0 Å². The Hall–Kier alpha value is -1.12. The third-order valence-corrected chi connectivity index (χ3v) is 2.45. The fourth-order valence-electron chi connectivity index (χ4n) is 1.55. The molecule has 0 bridgehead atoms. The zero-order chi connectivity index (χ0) is 11.3. The van der Waals surface area contributed by atoms with Crippen molar-refractivity contribution in [3.8, 4) is 0 Å². The molecule has 2 heteroatoms. The molecule has 0 amide bonds. The Balaban J connectivity index is 2.56. The van der Waals surface area contributed by atoms with Gasteiger partial charge in [-0.05, 0) is 19.5 Å². The van der Waals surface area contributed by atoms with Crippen LogP contribution in [0.4, 0.5) is 0 Å². The minimum absolute atomic E-state index is 0.0792. The Bertz CT molecular complexity index is 303. The number of nitrogens with two attached hydrogens (primary N) is 1. The van der Waals surface area contributed by atoms with Gasteiger partial charge in [-0.2, -0.15) is 0 Å². The van der Waals surface area contributed by atoms with Gasteiger partial charge in [0.1, 0.15) is 0 Å². The average molecular weight is 204 g/mol. The number of likely N-dealkylation sites (N-methyl/N-ethyl adjacent to an activating group) is 1. The minimum Gasteiger partial charge on any atom is -0.323 e. The summed E-state index contributed by atoms with van der Waals surface area (Å²) in [4.78, 5) is 2.16. The first-order valence-electron chi connectivity index (χ1n) is 5.25. The van der Waals surface area contributed by atoms with Gasteiger partial charge in [-0.15, -0.1) is 6.58 Å². The van der Waals surface area contributed by atoms with Crippen LogP contribution in [0.15, 0.2) is 36.9 Å². The van der Waals surface area contributed by atoms with Gasteiger partial charge in [0.05, 0.1) is 0 Å². The van der Waals surface area contributed by atoms with Crippen molar-refractivity contribution < 1.29 is 0 Å². The third-order valence-electron chi connectivity index (χ3n) is 2.45. The maximum absolute atomic E-state index is 6.10. The largest absolute Gasteiger partial charge is 0.323 e. The van der Waals surface area contributed by atoms with Gasteiger partial charge in [-0.25, -0.2) is 0 Å². The van der Waals surface area contributed by atoms with Crippen LogP contribution in [-0.4, -0.2) is 25.0 Å². The van der Waals surface area contributed by atoms with Crippen molar-refractivity contribution in [3.63, 3.8) is 0 Å². The predicted molar refractivity (Wildman–Crippen MR) is 65.8 cm³/mol. The average Bonchev–Trinajstić information content (AvgIpc) is 2.18. The number of hydrogen-bond donors (Lipinski definition) is 1. The van der Waals surface area contributed by atoms with Gasteiger partial charge in [-0.1, -0.05) is 35.9 Å². The molecule has 0 saturated heterocycles. The Morgan fingerprint density at radius 2 is 2.00 bits per heavy atom. The molecule has 1 rings (SSSR count). The quantitative estimate of drug-likeness (QED) is 0.744. The predicted octanol–water partition coefficient (Wildman–Crippen LogP) is 2.11. The molecule has 82 valence electrons. The summed E-state index contributed by atoms with van der Waals surface area (Å²) in [7, 11) is 2.05. The van der Waals surface area contributed by atoms with E-state index in [4.69, 9.17) is 5.73 Å². The van der Waals surface area contributed by atoms with E-state index in [1.165, 1.54) is 11.1 Å². The lowest BCUT2D eigenvalue weighted by molar-refractivity contribution is 0.344. The highest BCUT2D eigenvalue weighted by atomic mass is 15.1. The second-order valence-corrected chi connectivity index (χ2v) is 4.03. The smallest absolute Gasteiger partial charge is 0.0424 e. The number of aryl methyl sites for hydroxylation is 1. The molecule has 1 atom stereocenters. The van der Waals surface area contributed by atoms with E-state index in [2.05, 4.69) is 49.7 Å². The van der Waals surface area contributed by atoms with E-state index >= 15 is 0 Å². The molecule has 0 aromatic heterocycles. The maximum atomic E-state index is 6.10. The van der Waals surface area contributed by atoms with Gasteiger partial charge in [0.25, 0.3) is 0 Å². The highest BCUT2D eigenvalue weighted by Crippen LogP contribution is 2.12. The molecule has 0 aliphatic carbocycles. The monoisotopic (exact) mass is 204 g/mol. The summed E-state index contributed by atoms with van der Waals surface area (Å²) in [5.74, 6) is 0. The Morgan fingerprint density at radius 3 is 2.53 bits per heavy atom. The number of nitrogens with zero attached hydrogens (tertiary/aromatic N) is 1. The lowest BCUT2D eigenvalue weighted by Crippen LogP contribution is -2.29. The molecule has 1 aromatic carbocycles. The molecule has 15 heavy (non-hydrogen) atoms. The molecule has 0 aliphatic rings. The molecule has 0 spiro atoms. The van der Waals surface area contributed by atoms with Gasteiger partial charge >= 0.3 is 0 Å². The van der Waals surface area contributed by atoms with E-state index in [0.717, 1.165) is 13.1 Å². The highest BCUT2D eigenvalue weighted by molar-refractivity contribution is 5.24. The second kappa shape index (κ2) is 5.69. The van der Waals surface area contributed by atoms with Gasteiger partial charge in [0.15, 0.2) is 0 Å². The summed E-state index contributed by atoms with van der Waals surface area (Å²) in [6, 6.07) is 8.48. The minimum atomic E-state index is 0.0792. The second-order valence-electron chi connectivity index (χ2n) is 4.03. The first-order chi connectivity index (χ1) is 7.13. The van der Waals surface area contributed by atoms with Crippen molar-refractivity contribution in [2.24, 2.45) is 5.73 Å². The molecule has 0 saturated carbocycles. The van der Waals surface area contributed by atoms with Crippen LogP contribution in [-0.2, 0) is 0 Å². The molecular weight excluding hydrogens is 184 g/mol. The van der Waals surface area contributed by atoms with Gasteiger partial charge in [0.2, 0.25) is 0 Å². The van der Waals surface area contributed by atoms with Crippen molar-refractivity contribution in [3.05, 3.63) is 48.0 Å². The van der Waals surface area contributed by atoms with Crippen LogP contribution >= 0.6 is 0 Å². The molecule has 0 heterocycles. The summed E-state index contributed by atoms with van der Waals surface area (Å²) < 4.78 is 0. The summed E-state index contributed by atoms with van der Waals surface area (Å²) in [5.41, 5.74) is 8.56. The van der Waals surface area contributed by atoms with Gasteiger partial charge in [-0.3, -0.25) is 0 Å². The number of benzene rings is 1. The van der Waals surface area contributed by atoms with Crippen LogP contribution in [0.25, 0.3) is 0 Å². The van der Waals surface area contributed by atoms with Gasteiger partial charge < -0.3 is 10.6 Å². The number of hydrogen-bond acceptors (Lipinski definition) is 2.